The van der Waals surface area contributed by atoms with Crippen molar-refractivity contribution in [1.29, 1.82) is 0 Å². The van der Waals surface area contributed by atoms with Crippen molar-refractivity contribution in [3.05, 3.63) is 0 Å². The molecule has 0 unspecified atom stereocenters. The number of carboxylic acid groups (broad SMARTS) is 1. The molecule has 4 nitrogen and oxygen atoms in total. The topological polar surface area (TPSA) is 63.6 Å². The molecule has 1 saturated heterocycles. The molecule has 0 saturated carbocycles. The second-order valence-electron chi connectivity index (χ2n) is 2.90. The van der Waals surface area contributed by atoms with Crippen LogP contribution in [0.15, 0.2) is 0 Å². The number of rotatable bonds is 1. The number of likely N-dealkylation sites (tertiary alicyclic amines) is 1. The van der Waals surface area contributed by atoms with Crippen LogP contribution in [0.4, 0.5) is 4.79 Å². The Bertz CT molecular complexity index is 149. The fourth-order valence-electron chi connectivity index (χ4n) is 1.38. The van der Waals surface area contributed by atoms with Crippen LogP contribution in [0.3, 0.4) is 0 Å². The molecule has 1 aliphatic heterocycles. The Morgan fingerprint density at radius 1 is 1.73 bits per heavy atom. The normalized spacial score (nSPS) is 25.2. The average molecular weight is 158 g/mol. The van der Waals surface area contributed by atoms with Gasteiger partial charge in [-0.3, -0.25) is 0 Å². The first-order valence-corrected chi connectivity index (χ1v) is 3.81. The lowest BCUT2D eigenvalue weighted by molar-refractivity contribution is -0.267. The van der Waals surface area contributed by atoms with Crippen LogP contribution >= 0.6 is 0 Å². The van der Waals surface area contributed by atoms with Crippen molar-refractivity contribution in [3.63, 3.8) is 0 Å². The average Bonchev–Trinajstić information content (AvgIpc) is 2.05. The summed E-state index contributed by atoms with van der Waals surface area (Å²) in [6, 6.07) is 0. The molecular weight excluding hydrogens is 146 g/mol. The van der Waals surface area contributed by atoms with Crippen LogP contribution in [0, 0.1) is 5.92 Å². The van der Waals surface area contributed by atoms with E-state index in [1.807, 2.05) is 0 Å². The van der Waals surface area contributed by atoms with E-state index in [-0.39, 0.29) is 12.5 Å². The predicted octanol–water partition coefficient (Wildman–Crippen LogP) is -0.966. The molecule has 0 bridgehead atoms. The molecule has 0 aromatic heterocycles. The standard InChI is InChI=1S/C7H13NO3/c9-5-6-2-1-3-8(4-6)7(10)11/h6,9H,1-5H2,(H,10,11)/p-1/t6-/m0/s1. The van der Waals surface area contributed by atoms with Gasteiger partial charge in [-0.15, -0.1) is 0 Å². The van der Waals surface area contributed by atoms with Gasteiger partial charge in [0.05, 0.1) is 0 Å². The number of aliphatic hydroxyl groups is 1. The quantitative estimate of drug-likeness (QED) is 0.534. The fraction of sp³-hybridized carbons (Fsp3) is 0.857. The Morgan fingerprint density at radius 2 is 2.45 bits per heavy atom. The SMILES string of the molecule is O=C([O-])N1CCC[C@H](CO)C1. The van der Waals surface area contributed by atoms with Gasteiger partial charge in [-0.25, -0.2) is 0 Å². The molecule has 11 heavy (non-hydrogen) atoms. The van der Waals surface area contributed by atoms with Crippen LogP contribution in [0.2, 0.25) is 0 Å². The predicted molar refractivity (Wildman–Crippen MR) is 36.8 cm³/mol. The number of hydrogen-bond acceptors (Lipinski definition) is 3. The zero-order valence-corrected chi connectivity index (χ0v) is 6.32. The van der Waals surface area contributed by atoms with Gasteiger partial charge in [-0.1, -0.05) is 0 Å². The number of carbonyl (C=O) groups is 1. The highest BCUT2D eigenvalue weighted by molar-refractivity contribution is 5.62. The summed E-state index contributed by atoms with van der Waals surface area (Å²) >= 11 is 0. The molecule has 1 amide bonds. The molecule has 1 rings (SSSR count). The summed E-state index contributed by atoms with van der Waals surface area (Å²) in [5, 5.41) is 19.1. The van der Waals surface area contributed by atoms with Gasteiger partial charge >= 0.3 is 0 Å². The summed E-state index contributed by atoms with van der Waals surface area (Å²) in [5.41, 5.74) is 0. The third kappa shape index (κ3) is 2.08. The van der Waals surface area contributed by atoms with E-state index < -0.39 is 6.09 Å². The van der Waals surface area contributed by atoms with Gasteiger partial charge in [0.1, 0.15) is 6.09 Å². The molecule has 1 atom stereocenters. The molecule has 0 radical (unpaired) electrons. The number of amides is 1. The van der Waals surface area contributed by atoms with Crippen molar-refractivity contribution in [2.75, 3.05) is 19.7 Å². The molecule has 1 fully saturated rings. The summed E-state index contributed by atoms with van der Waals surface area (Å²) in [4.78, 5) is 11.6. The molecule has 0 aromatic carbocycles. The Labute approximate surface area is 65.4 Å². The van der Waals surface area contributed by atoms with Crippen molar-refractivity contribution >= 4 is 6.09 Å². The van der Waals surface area contributed by atoms with Crippen molar-refractivity contribution in [1.82, 2.24) is 4.90 Å². The van der Waals surface area contributed by atoms with Crippen molar-refractivity contribution < 1.29 is 15.0 Å². The van der Waals surface area contributed by atoms with E-state index in [2.05, 4.69) is 0 Å². The molecule has 1 heterocycles. The summed E-state index contributed by atoms with van der Waals surface area (Å²) in [6.07, 6.45) is 0.627. The van der Waals surface area contributed by atoms with Crippen LogP contribution in [0.25, 0.3) is 0 Å². The number of carbonyl (C=O) groups excluding carboxylic acids is 1. The molecule has 0 aromatic rings. The highest BCUT2D eigenvalue weighted by atomic mass is 16.4. The maximum absolute atomic E-state index is 10.3. The first-order chi connectivity index (χ1) is 5.24. The van der Waals surface area contributed by atoms with Gasteiger partial charge in [-0.2, -0.15) is 0 Å². The molecular formula is C7H12NO3-. The van der Waals surface area contributed by atoms with Gasteiger partial charge in [-0.05, 0) is 18.8 Å². The van der Waals surface area contributed by atoms with Gasteiger partial charge in [0, 0.05) is 19.7 Å². The Balaban J connectivity index is 2.39. The van der Waals surface area contributed by atoms with Crippen molar-refractivity contribution in [2.45, 2.75) is 12.8 Å². The minimum absolute atomic E-state index is 0.0732. The lowest BCUT2D eigenvalue weighted by atomic mass is 10.00. The number of aliphatic hydroxyl groups excluding tert-OH is 1. The first kappa shape index (κ1) is 8.33. The van der Waals surface area contributed by atoms with Gasteiger partial charge in [0.2, 0.25) is 0 Å². The Hall–Kier alpha value is -0.770. The molecule has 64 valence electrons. The zero-order valence-electron chi connectivity index (χ0n) is 6.32. The monoisotopic (exact) mass is 158 g/mol. The van der Waals surface area contributed by atoms with E-state index in [1.54, 1.807) is 0 Å². The fourth-order valence-corrected chi connectivity index (χ4v) is 1.38. The number of hydrogen-bond donors (Lipinski definition) is 1. The maximum Gasteiger partial charge on any atom is 0.136 e. The zero-order chi connectivity index (χ0) is 8.27. The number of nitrogens with zero attached hydrogens (tertiary/aromatic N) is 1. The second-order valence-corrected chi connectivity index (χ2v) is 2.90. The minimum atomic E-state index is -1.12. The molecule has 1 aliphatic rings. The van der Waals surface area contributed by atoms with E-state index in [9.17, 15) is 9.90 Å². The lowest BCUT2D eigenvalue weighted by Crippen LogP contribution is -2.47. The largest absolute Gasteiger partial charge is 0.530 e. The lowest BCUT2D eigenvalue weighted by Gasteiger charge is -2.33. The van der Waals surface area contributed by atoms with Crippen LogP contribution in [0.1, 0.15) is 12.8 Å². The number of piperidine rings is 1. The summed E-state index contributed by atoms with van der Waals surface area (Å²) < 4.78 is 0. The van der Waals surface area contributed by atoms with Gasteiger partial charge < -0.3 is 19.9 Å². The molecule has 1 N–H and O–H groups in total. The molecule has 4 heteroatoms. The van der Waals surface area contributed by atoms with Crippen LogP contribution < -0.4 is 5.11 Å². The van der Waals surface area contributed by atoms with Crippen molar-refractivity contribution in [2.24, 2.45) is 5.92 Å². The minimum Gasteiger partial charge on any atom is -0.530 e. The van der Waals surface area contributed by atoms with E-state index in [4.69, 9.17) is 5.11 Å². The highest BCUT2D eigenvalue weighted by Gasteiger charge is 2.18. The molecule has 0 aliphatic carbocycles. The van der Waals surface area contributed by atoms with Gasteiger partial charge in [0.15, 0.2) is 0 Å². The second kappa shape index (κ2) is 3.57. The van der Waals surface area contributed by atoms with E-state index in [0.29, 0.717) is 13.1 Å². The third-order valence-corrected chi connectivity index (χ3v) is 2.04. The summed E-state index contributed by atoms with van der Waals surface area (Å²) in [7, 11) is 0. The highest BCUT2D eigenvalue weighted by Crippen LogP contribution is 2.14. The van der Waals surface area contributed by atoms with Crippen LogP contribution in [0.5, 0.6) is 0 Å². The van der Waals surface area contributed by atoms with E-state index >= 15 is 0 Å². The maximum atomic E-state index is 10.3. The third-order valence-electron chi connectivity index (χ3n) is 2.04. The van der Waals surface area contributed by atoms with Gasteiger partial charge in [0.25, 0.3) is 0 Å². The Kier molecular flexibility index (Phi) is 2.70. The van der Waals surface area contributed by atoms with Crippen LogP contribution in [-0.4, -0.2) is 35.8 Å². The smallest absolute Gasteiger partial charge is 0.136 e. The summed E-state index contributed by atoms with van der Waals surface area (Å²) in [6.45, 7) is 1.06. The van der Waals surface area contributed by atoms with Crippen LogP contribution in [-0.2, 0) is 0 Å². The Morgan fingerprint density at radius 3 is 3.00 bits per heavy atom. The molecule has 0 spiro atoms. The summed E-state index contributed by atoms with van der Waals surface area (Å²) in [5.74, 6) is 0.113. The van der Waals surface area contributed by atoms with E-state index in [1.165, 1.54) is 4.90 Å². The van der Waals surface area contributed by atoms with Crippen molar-refractivity contribution in [3.8, 4) is 0 Å². The van der Waals surface area contributed by atoms with E-state index in [0.717, 1.165) is 12.8 Å². The first-order valence-electron chi connectivity index (χ1n) is 3.81.